The zero-order chi connectivity index (χ0) is 18.8. The SMILES string of the molecule is Nc1cc(-c2ccn[nH]2)ccc1Nc1cccc(-c2ccc(F)cc2F)c1. The number of hydrogen-bond donors (Lipinski definition) is 3. The normalized spacial score (nSPS) is 10.7. The van der Waals surface area contributed by atoms with Crippen LogP contribution in [-0.4, -0.2) is 10.2 Å². The van der Waals surface area contributed by atoms with Gasteiger partial charge in [-0.05, 0) is 48.0 Å². The van der Waals surface area contributed by atoms with Crippen molar-refractivity contribution in [3.8, 4) is 22.4 Å². The fourth-order valence-corrected chi connectivity index (χ4v) is 2.90. The van der Waals surface area contributed by atoms with Crippen molar-refractivity contribution >= 4 is 17.1 Å². The number of rotatable bonds is 4. The Balaban J connectivity index is 1.62. The molecule has 0 atom stereocenters. The Labute approximate surface area is 154 Å². The maximum Gasteiger partial charge on any atom is 0.133 e. The summed E-state index contributed by atoms with van der Waals surface area (Å²) in [6.07, 6.45) is 1.68. The molecular weight excluding hydrogens is 346 g/mol. The molecule has 0 aliphatic carbocycles. The van der Waals surface area contributed by atoms with Gasteiger partial charge in [0.1, 0.15) is 11.6 Å². The van der Waals surface area contributed by atoms with Crippen molar-refractivity contribution in [2.75, 3.05) is 11.1 Å². The van der Waals surface area contributed by atoms with E-state index >= 15 is 0 Å². The molecule has 0 spiro atoms. The number of benzene rings is 3. The predicted molar refractivity (Wildman–Crippen MR) is 104 cm³/mol. The number of H-pyrrole nitrogens is 1. The molecule has 134 valence electrons. The Kier molecular flexibility index (Phi) is 4.30. The first kappa shape index (κ1) is 16.8. The summed E-state index contributed by atoms with van der Waals surface area (Å²) in [5, 5.41) is 10.1. The molecule has 3 aromatic carbocycles. The van der Waals surface area contributed by atoms with Crippen molar-refractivity contribution in [1.82, 2.24) is 10.2 Å². The van der Waals surface area contributed by atoms with Gasteiger partial charge in [0.2, 0.25) is 0 Å². The van der Waals surface area contributed by atoms with Crippen molar-refractivity contribution in [2.45, 2.75) is 0 Å². The average Bonchev–Trinajstić information content (AvgIpc) is 3.18. The van der Waals surface area contributed by atoms with Crippen LogP contribution >= 0.6 is 0 Å². The molecule has 4 nitrogen and oxygen atoms in total. The first-order valence-electron chi connectivity index (χ1n) is 8.32. The molecule has 1 aromatic heterocycles. The lowest BCUT2D eigenvalue weighted by atomic mass is 10.0. The molecule has 4 aromatic rings. The van der Waals surface area contributed by atoms with Crippen LogP contribution in [0.2, 0.25) is 0 Å². The summed E-state index contributed by atoms with van der Waals surface area (Å²) in [5.74, 6) is -1.20. The van der Waals surface area contributed by atoms with Gasteiger partial charge in [0.25, 0.3) is 0 Å². The Morgan fingerprint density at radius 2 is 1.78 bits per heavy atom. The molecular formula is C21H16F2N4. The van der Waals surface area contributed by atoms with Crippen molar-refractivity contribution in [3.05, 3.63) is 84.6 Å². The number of nitrogen functional groups attached to an aromatic ring is 1. The zero-order valence-electron chi connectivity index (χ0n) is 14.2. The molecule has 0 saturated carbocycles. The summed E-state index contributed by atoms with van der Waals surface area (Å²) in [6.45, 7) is 0. The summed E-state index contributed by atoms with van der Waals surface area (Å²) in [6, 6.07) is 18.3. The van der Waals surface area contributed by atoms with E-state index in [-0.39, 0.29) is 0 Å². The molecule has 6 heteroatoms. The van der Waals surface area contributed by atoms with Crippen molar-refractivity contribution in [2.24, 2.45) is 0 Å². The van der Waals surface area contributed by atoms with E-state index in [0.29, 0.717) is 16.8 Å². The number of hydrogen-bond acceptors (Lipinski definition) is 3. The van der Waals surface area contributed by atoms with E-state index < -0.39 is 11.6 Å². The number of halogens is 2. The van der Waals surface area contributed by atoms with Crippen LogP contribution < -0.4 is 11.1 Å². The molecule has 0 aliphatic rings. The molecule has 27 heavy (non-hydrogen) atoms. The van der Waals surface area contributed by atoms with Crippen molar-refractivity contribution in [1.29, 1.82) is 0 Å². The summed E-state index contributed by atoms with van der Waals surface area (Å²) < 4.78 is 27.2. The van der Waals surface area contributed by atoms with Crippen LogP contribution in [0.3, 0.4) is 0 Å². The minimum atomic E-state index is -0.601. The van der Waals surface area contributed by atoms with E-state index in [0.717, 1.165) is 28.7 Å². The van der Waals surface area contributed by atoms with Crippen molar-refractivity contribution < 1.29 is 8.78 Å². The molecule has 0 unspecified atom stereocenters. The van der Waals surface area contributed by atoms with Crippen LogP contribution in [0.15, 0.2) is 72.9 Å². The summed E-state index contributed by atoms with van der Waals surface area (Å²) in [7, 11) is 0. The second-order valence-corrected chi connectivity index (χ2v) is 6.10. The first-order valence-corrected chi connectivity index (χ1v) is 8.32. The summed E-state index contributed by atoms with van der Waals surface area (Å²) in [4.78, 5) is 0. The lowest BCUT2D eigenvalue weighted by molar-refractivity contribution is 0.585. The molecule has 0 aliphatic heterocycles. The van der Waals surface area contributed by atoms with Crippen molar-refractivity contribution in [3.63, 3.8) is 0 Å². The Morgan fingerprint density at radius 3 is 2.52 bits per heavy atom. The predicted octanol–water partition coefficient (Wildman–Crippen LogP) is 5.35. The molecule has 0 saturated heterocycles. The van der Waals surface area contributed by atoms with Gasteiger partial charge in [-0.15, -0.1) is 0 Å². The van der Waals surface area contributed by atoms with Crippen LogP contribution in [0, 0.1) is 11.6 Å². The highest BCUT2D eigenvalue weighted by molar-refractivity contribution is 5.79. The molecule has 0 bridgehead atoms. The van der Waals surface area contributed by atoms with E-state index in [4.69, 9.17) is 5.73 Å². The van der Waals surface area contributed by atoms with Crippen LogP contribution in [0.5, 0.6) is 0 Å². The Morgan fingerprint density at radius 1 is 0.889 bits per heavy atom. The molecule has 1 heterocycles. The Hall–Kier alpha value is -3.67. The lowest BCUT2D eigenvalue weighted by Gasteiger charge is -2.12. The number of nitrogens with one attached hydrogen (secondary N) is 2. The fraction of sp³-hybridized carbons (Fsp3) is 0. The van der Waals surface area contributed by atoms with Gasteiger partial charge in [0.05, 0.1) is 17.1 Å². The lowest BCUT2D eigenvalue weighted by Crippen LogP contribution is -1.97. The third-order valence-corrected chi connectivity index (χ3v) is 4.25. The van der Waals surface area contributed by atoms with Gasteiger partial charge in [-0.25, -0.2) is 8.78 Å². The van der Waals surface area contributed by atoms with Crippen LogP contribution in [0.25, 0.3) is 22.4 Å². The minimum absolute atomic E-state index is 0.336. The van der Waals surface area contributed by atoms with Gasteiger partial charge in [-0.3, -0.25) is 5.10 Å². The maximum atomic E-state index is 14.0. The first-order chi connectivity index (χ1) is 13.1. The molecule has 4 rings (SSSR count). The van der Waals surface area contributed by atoms with Crippen LogP contribution in [0.4, 0.5) is 25.8 Å². The highest BCUT2D eigenvalue weighted by Crippen LogP contribution is 2.31. The third-order valence-electron chi connectivity index (χ3n) is 4.25. The summed E-state index contributed by atoms with van der Waals surface area (Å²) in [5.41, 5.74) is 11.0. The third kappa shape index (κ3) is 3.50. The summed E-state index contributed by atoms with van der Waals surface area (Å²) >= 11 is 0. The second kappa shape index (κ2) is 6.92. The van der Waals surface area contributed by atoms with E-state index in [2.05, 4.69) is 15.5 Å². The molecule has 0 amide bonds. The fourth-order valence-electron chi connectivity index (χ4n) is 2.90. The van der Waals surface area contributed by atoms with Gasteiger partial charge < -0.3 is 11.1 Å². The number of anilines is 3. The zero-order valence-corrected chi connectivity index (χ0v) is 14.2. The largest absolute Gasteiger partial charge is 0.397 e. The number of aromatic amines is 1. The van der Waals surface area contributed by atoms with Gasteiger partial charge in [0.15, 0.2) is 0 Å². The number of nitrogens with zero attached hydrogens (tertiary/aromatic N) is 1. The quantitative estimate of drug-likeness (QED) is 0.429. The second-order valence-electron chi connectivity index (χ2n) is 6.10. The number of nitrogens with two attached hydrogens (primary N) is 1. The molecule has 0 radical (unpaired) electrons. The number of aromatic nitrogens is 2. The van der Waals surface area contributed by atoms with Crippen LogP contribution in [0.1, 0.15) is 0 Å². The van der Waals surface area contributed by atoms with Gasteiger partial charge in [0, 0.05) is 29.1 Å². The van der Waals surface area contributed by atoms with E-state index in [1.165, 1.54) is 12.1 Å². The van der Waals surface area contributed by atoms with Gasteiger partial charge in [-0.1, -0.05) is 18.2 Å². The van der Waals surface area contributed by atoms with E-state index in [1.54, 1.807) is 24.4 Å². The maximum absolute atomic E-state index is 14.0. The highest BCUT2D eigenvalue weighted by Gasteiger charge is 2.08. The van der Waals surface area contributed by atoms with Gasteiger partial charge >= 0.3 is 0 Å². The topological polar surface area (TPSA) is 66.7 Å². The molecule has 0 fully saturated rings. The minimum Gasteiger partial charge on any atom is -0.397 e. The standard InChI is InChI=1S/C21H16F2N4/c22-15-5-6-17(18(23)12-15)13-2-1-3-16(10-13)26-21-7-4-14(11-19(21)24)20-8-9-25-27-20/h1-12,26H,24H2,(H,25,27). The molecule has 4 N–H and O–H groups in total. The smallest absolute Gasteiger partial charge is 0.133 e. The van der Waals surface area contributed by atoms with E-state index in [1.807, 2.05) is 30.3 Å². The highest BCUT2D eigenvalue weighted by atomic mass is 19.1. The van der Waals surface area contributed by atoms with Gasteiger partial charge in [-0.2, -0.15) is 5.10 Å². The monoisotopic (exact) mass is 362 g/mol. The Bertz CT molecular complexity index is 1090. The average molecular weight is 362 g/mol. The van der Waals surface area contributed by atoms with E-state index in [9.17, 15) is 8.78 Å². The van der Waals surface area contributed by atoms with Crippen LogP contribution in [-0.2, 0) is 0 Å².